The van der Waals surface area contributed by atoms with Crippen molar-refractivity contribution in [3.63, 3.8) is 0 Å². The van der Waals surface area contributed by atoms with E-state index in [-0.39, 0.29) is 4.90 Å². The molecule has 7 nitrogen and oxygen atoms in total. The molecule has 0 aliphatic rings. The normalized spacial score (nSPS) is 13.3. The van der Waals surface area contributed by atoms with E-state index in [4.69, 9.17) is 0 Å². The molecule has 0 bridgehead atoms. The summed E-state index contributed by atoms with van der Waals surface area (Å²) in [6.45, 7) is 3.19. The number of carboxylic acid groups (broad SMARTS) is 1. The Labute approximate surface area is 126 Å². The van der Waals surface area contributed by atoms with Crippen LogP contribution in [0, 0.1) is 13.8 Å². The number of carboxylic acids is 1. The lowest BCUT2D eigenvalue weighted by Crippen LogP contribution is -2.33. The highest BCUT2D eigenvalue weighted by atomic mass is 32.2. The molecule has 9 heteroatoms. The molecule has 0 amide bonds. The van der Waals surface area contributed by atoms with Crippen molar-refractivity contribution in [2.45, 2.75) is 24.8 Å². The summed E-state index contributed by atoms with van der Waals surface area (Å²) >= 11 is 1.18. The van der Waals surface area contributed by atoms with Gasteiger partial charge in [0.1, 0.15) is 4.90 Å². The van der Waals surface area contributed by atoms with E-state index < -0.39 is 22.0 Å². The quantitative estimate of drug-likeness (QED) is 0.858. The molecule has 2 heterocycles. The van der Waals surface area contributed by atoms with Crippen molar-refractivity contribution in [3.8, 4) is 0 Å². The molecular weight excluding hydrogens is 314 g/mol. The van der Waals surface area contributed by atoms with E-state index in [1.807, 2.05) is 0 Å². The summed E-state index contributed by atoms with van der Waals surface area (Å²) in [5, 5.41) is 15.0. The van der Waals surface area contributed by atoms with Gasteiger partial charge in [0.15, 0.2) is 6.04 Å². The smallest absolute Gasteiger partial charge is 0.327 e. The molecule has 114 valence electrons. The fourth-order valence-corrected chi connectivity index (χ4v) is 4.49. The Kier molecular flexibility index (Phi) is 4.17. The number of rotatable bonds is 5. The highest BCUT2D eigenvalue weighted by Crippen LogP contribution is 2.24. The maximum absolute atomic E-state index is 12.5. The third-order valence-electron chi connectivity index (χ3n) is 3.06. The van der Waals surface area contributed by atoms with Crippen molar-refractivity contribution in [2.24, 2.45) is 7.05 Å². The van der Waals surface area contributed by atoms with E-state index in [0.717, 1.165) is 0 Å². The van der Waals surface area contributed by atoms with Gasteiger partial charge in [0.25, 0.3) is 0 Å². The lowest BCUT2D eigenvalue weighted by Gasteiger charge is -2.13. The molecule has 0 fully saturated rings. The average Bonchev–Trinajstić information content (AvgIpc) is 2.96. The van der Waals surface area contributed by atoms with Gasteiger partial charge < -0.3 is 5.11 Å². The molecule has 0 aliphatic carbocycles. The van der Waals surface area contributed by atoms with Gasteiger partial charge in [-0.05, 0) is 25.3 Å². The van der Waals surface area contributed by atoms with Crippen molar-refractivity contribution >= 4 is 27.3 Å². The first-order valence-corrected chi connectivity index (χ1v) is 8.39. The van der Waals surface area contributed by atoms with Crippen molar-refractivity contribution in [1.82, 2.24) is 14.5 Å². The molecule has 2 aromatic heterocycles. The van der Waals surface area contributed by atoms with Crippen molar-refractivity contribution in [2.75, 3.05) is 0 Å². The third kappa shape index (κ3) is 2.99. The van der Waals surface area contributed by atoms with Gasteiger partial charge in [-0.2, -0.15) is 9.82 Å². The Bertz CT molecular complexity index is 763. The van der Waals surface area contributed by atoms with E-state index >= 15 is 0 Å². The zero-order chi connectivity index (χ0) is 15.8. The molecule has 21 heavy (non-hydrogen) atoms. The molecule has 0 aromatic carbocycles. The number of hydrogen-bond acceptors (Lipinski definition) is 5. The number of sulfonamides is 1. The van der Waals surface area contributed by atoms with Crippen molar-refractivity contribution < 1.29 is 18.3 Å². The lowest BCUT2D eigenvalue weighted by atomic mass is 10.3. The Morgan fingerprint density at radius 1 is 1.48 bits per heavy atom. The summed E-state index contributed by atoms with van der Waals surface area (Å²) in [6.07, 6.45) is 0. The number of carbonyl (C=O) groups is 1. The van der Waals surface area contributed by atoms with Crippen LogP contribution in [0.2, 0.25) is 0 Å². The second kappa shape index (κ2) is 5.58. The Morgan fingerprint density at radius 2 is 2.14 bits per heavy atom. The fraction of sp³-hybridized carbons (Fsp3) is 0.333. The monoisotopic (exact) mass is 329 g/mol. The molecule has 0 aliphatic heterocycles. The first-order chi connectivity index (χ1) is 9.74. The highest BCUT2D eigenvalue weighted by molar-refractivity contribution is 7.89. The number of aliphatic carboxylic acids is 1. The van der Waals surface area contributed by atoms with Gasteiger partial charge in [-0.25, -0.2) is 8.42 Å². The summed E-state index contributed by atoms with van der Waals surface area (Å²) in [6, 6.07) is 1.94. The zero-order valence-electron chi connectivity index (χ0n) is 11.7. The van der Waals surface area contributed by atoms with Gasteiger partial charge in [-0.15, -0.1) is 11.3 Å². The van der Waals surface area contributed by atoms with E-state index in [1.54, 1.807) is 38.4 Å². The number of nitrogens with one attached hydrogen (secondary N) is 1. The van der Waals surface area contributed by atoms with Crippen LogP contribution in [-0.2, 0) is 21.9 Å². The molecule has 1 unspecified atom stereocenters. The van der Waals surface area contributed by atoms with Crippen LogP contribution in [0.4, 0.5) is 0 Å². The number of aryl methyl sites for hydroxylation is 2. The van der Waals surface area contributed by atoms with Crippen LogP contribution in [0.1, 0.15) is 22.3 Å². The maximum atomic E-state index is 12.5. The van der Waals surface area contributed by atoms with Gasteiger partial charge in [0.2, 0.25) is 10.0 Å². The van der Waals surface area contributed by atoms with Gasteiger partial charge in [0.05, 0.1) is 11.4 Å². The Hall–Kier alpha value is -1.71. The van der Waals surface area contributed by atoms with Crippen LogP contribution in [0.3, 0.4) is 0 Å². The predicted molar refractivity (Wildman–Crippen MR) is 77.7 cm³/mol. The molecule has 2 aromatic rings. The predicted octanol–water partition coefficient (Wildman–Crippen LogP) is 1.20. The second-order valence-electron chi connectivity index (χ2n) is 4.53. The van der Waals surface area contributed by atoms with Gasteiger partial charge in [-0.1, -0.05) is 6.07 Å². The third-order valence-corrected chi connectivity index (χ3v) is 5.67. The van der Waals surface area contributed by atoms with Crippen molar-refractivity contribution in [3.05, 3.63) is 33.8 Å². The summed E-state index contributed by atoms with van der Waals surface area (Å²) in [5.41, 5.74) is 0.785. The topological polar surface area (TPSA) is 101 Å². The maximum Gasteiger partial charge on any atom is 0.327 e. The van der Waals surface area contributed by atoms with Crippen LogP contribution in [0.5, 0.6) is 0 Å². The molecule has 0 spiro atoms. The minimum absolute atomic E-state index is 0.0211. The lowest BCUT2D eigenvalue weighted by molar-refractivity contribution is -0.139. The summed E-state index contributed by atoms with van der Waals surface area (Å²) in [5.74, 6) is -1.25. The standard InChI is InChI=1S/C12H15N3O4S2/c1-7-11(8(2)15(3)13-7)21(18,19)14-10(12(16)17)9-5-4-6-20-9/h4-6,10,14H,1-3H3,(H,16,17). The average molecular weight is 329 g/mol. The summed E-state index contributed by atoms with van der Waals surface area (Å²) < 4.78 is 28.6. The molecule has 2 rings (SSSR count). The van der Waals surface area contributed by atoms with E-state index in [1.165, 1.54) is 16.0 Å². The fourth-order valence-electron chi connectivity index (χ4n) is 2.04. The van der Waals surface area contributed by atoms with Crippen LogP contribution in [0.15, 0.2) is 22.4 Å². The van der Waals surface area contributed by atoms with Crippen molar-refractivity contribution in [1.29, 1.82) is 0 Å². The number of nitrogens with zero attached hydrogens (tertiary/aromatic N) is 2. The van der Waals surface area contributed by atoms with Crippen LogP contribution < -0.4 is 4.72 Å². The number of aromatic nitrogens is 2. The zero-order valence-corrected chi connectivity index (χ0v) is 13.3. The van der Waals surface area contributed by atoms with Gasteiger partial charge in [-0.3, -0.25) is 9.48 Å². The van der Waals surface area contributed by atoms with Gasteiger partial charge >= 0.3 is 5.97 Å². The molecule has 2 N–H and O–H groups in total. The van der Waals surface area contributed by atoms with Gasteiger partial charge in [0, 0.05) is 11.9 Å². The molecule has 1 atom stereocenters. The van der Waals surface area contributed by atoms with Crippen LogP contribution in [0.25, 0.3) is 0 Å². The molecular formula is C12H15N3O4S2. The SMILES string of the molecule is Cc1nn(C)c(C)c1S(=O)(=O)NC(C(=O)O)c1cccs1. The highest BCUT2D eigenvalue weighted by Gasteiger charge is 2.31. The Morgan fingerprint density at radius 3 is 2.57 bits per heavy atom. The van der Waals surface area contributed by atoms with E-state index in [0.29, 0.717) is 16.3 Å². The number of hydrogen-bond donors (Lipinski definition) is 2. The second-order valence-corrected chi connectivity index (χ2v) is 7.16. The van der Waals surface area contributed by atoms with Crippen LogP contribution >= 0.6 is 11.3 Å². The van der Waals surface area contributed by atoms with E-state index in [2.05, 4.69) is 9.82 Å². The number of thiophene rings is 1. The first kappa shape index (κ1) is 15.7. The molecule has 0 radical (unpaired) electrons. The van der Waals surface area contributed by atoms with Crippen LogP contribution in [-0.4, -0.2) is 29.3 Å². The Balaban J connectivity index is 2.42. The molecule has 0 saturated heterocycles. The first-order valence-electron chi connectivity index (χ1n) is 6.02. The largest absolute Gasteiger partial charge is 0.480 e. The molecule has 0 saturated carbocycles. The summed E-state index contributed by atoms with van der Waals surface area (Å²) in [4.78, 5) is 11.8. The summed E-state index contributed by atoms with van der Waals surface area (Å²) in [7, 11) is -2.34. The minimum Gasteiger partial charge on any atom is -0.480 e. The minimum atomic E-state index is -3.98. The van der Waals surface area contributed by atoms with E-state index in [9.17, 15) is 18.3 Å².